The second-order valence-electron chi connectivity index (χ2n) is 4.11. The van der Waals surface area contributed by atoms with Gasteiger partial charge in [0.25, 0.3) is 5.89 Å². The van der Waals surface area contributed by atoms with Crippen molar-refractivity contribution >= 4 is 0 Å². The molecule has 92 valence electrons. The van der Waals surface area contributed by atoms with Crippen molar-refractivity contribution in [2.24, 2.45) is 5.73 Å². The first-order chi connectivity index (χ1) is 8.17. The van der Waals surface area contributed by atoms with Crippen molar-refractivity contribution in [3.8, 4) is 11.6 Å². The average Bonchev–Trinajstić information content (AvgIpc) is 2.85. The molecule has 0 radical (unpaired) electrons. The molecule has 0 amide bonds. The maximum Gasteiger partial charge on any atom is 0.264 e. The fraction of sp³-hybridized carbons (Fsp3) is 0.500. The van der Waals surface area contributed by atoms with Crippen LogP contribution < -0.4 is 5.73 Å². The SMILES string of the molecule is CCc1nnc(-c2c(C)cc(C)n2CCN)o1. The van der Waals surface area contributed by atoms with E-state index >= 15 is 0 Å². The zero-order valence-electron chi connectivity index (χ0n) is 10.5. The number of nitrogens with zero attached hydrogens (tertiary/aromatic N) is 3. The number of aromatic nitrogens is 3. The van der Waals surface area contributed by atoms with Gasteiger partial charge in [0, 0.05) is 25.2 Å². The molecule has 0 saturated carbocycles. The smallest absolute Gasteiger partial charge is 0.264 e. The zero-order chi connectivity index (χ0) is 12.4. The predicted molar refractivity (Wildman–Crippen MR) is 65.6 cm³/mol. The van der Waals surface area contributed by atoms with E-state index in [4.69, 9.17) is 10.2 Å². The predicted octanol–water partition coefficient (Wildman–Crippen LogP) is 1.68. The van der Waals surface area contributed by atoms with E-state index in [1.54, 1.807) is 0 Å². The molecule has 0 fully saturated rings. The van der Waals surface area contributed by atoms with Gasteiger partial charge in [0.05, 0.1) is 0 Å². The van der Waals surface area contributed by atoms with E-state index in [0.29, 0.717) is 18.3 Å². The number of hydrogen-bond donors (Lipinski definition) is 1. The summed E-state index contributed by atoms with van der Waals surface area (Å²) in [5.41, 5.74) is 8.92. The molecule has 0 aliphatic heterocycles. The Hall–Kier alpha value is -1.62. The van der Waals surface area contributed by atoms with E-state index in [-0.39, 0.29) is 0 Å². The van der Waals surface area contributed by atoms with Gasteiger partial charge in [0.15, 0.2) is 0 Å². The summed E-state index contributed by atoms with van der Waals surface area (Å²) in [5, 5.41) is 8.10. The third-order valence-electron chi connectivity index (χ3n) is 2.82. The minimum atomic E-state index is 0.584. The standard InChI is InChI=1S/C12H18N4O/c1-4-10-14-15-12(17-10)11-8(2)7-9(3)16(11)6-5-13/h7H,4-6,13H2,1-3H3. The van der Waals surface area contributed by atoms with Crippen LogP contribution in [-0.2, 0) is 13.0 Å². The van der Waals surface area contributed by atoms with E-state index in [9.17, 15) is 0 Å². The fourth-order valence-corrected chi connectivity index (χ4v) is 2.04. The number of hydrogen-bond acceptors (Lipinski definition) is 4. The second-order valence-corrected chi connectivity index (χ2v) is 4.11. The van der Waals surface area contributed by atoms with Gasteiger partial charge in [-0.1, -0.05) is 6.92 Å². The molecule has 2 aromatic rings. The Bertz CT molecular complexity index is 513. The molecule has 5 nitrogen and oxygen atoms in total. The monoisotopic (exact) mass is 234 g/mol. The van der Waals surface area contributed by atoms with Gasteiger partial charge in [-0.15, -0.1) is 10.2 Å². The molecule has 0 bridgehead atoms. The highest BCUT2D eigenvalue weighted by Crippen LogP contribution is 2.25. The Balaban J connectivity index is 2.49. The van der Waals surface area contributed by atoms with E-state index in [2.05, 4.69) is 27.8 Å². The van der Waals surface area contributed by atoms with Crippen LogP contribution in [0.15, 0.2) is 10.5 Å². The van der Waals surface area contributed by atoms with Crippen LogP contribution in [0.3, 0.4) is 0 Å². The van der Waals surface area contributed by atoms with Crippen LogP contribution in [0.4, 0.5) is 0 Å². The summed E-state index contributed by atoms with van der Waals surface area (Å²) in [7, 11) is 0. The summed E-state index contributed by atoms with van der Waals surface area (Å²) < 4.78 is 7.74. The number of nitrogens with two attached hydrogens (primary N) is 1. The maximum atomic E-state index is 5.63. The molecule has 17 heavy (non-hydrogen) atoms. The van der Waals surface area contributed by atoms with Crippen molar-refractivity contribution in [1.82, 2.24) is 14.8 Å². The molecular weight excluding hydrogens is 216 g/mol. The van der Waals surface area contributed by atoms with Gasteiger partial charge in [-0.05, 0) is 25.5 Å². The molecule has 2 N–H and O–H groups in total. The second kappa shape index (κ2) is 4.71. The number of aryl methyl sites for hydroxylation is 3. The zero-order valence-corrected chi connectivity index (χ0v) is 10.5. The third-order valence-corrected chi connectivity index (χ3v) is 2.82. The Kier molecular flexibility index (Phi) is 3.28. The van der Waals surface area contributed by atoms with Crippen molar-refractivity contribution in [3.63, 3.8) is 0 Å². The molecule has 2 aromatic heterocycles. The van der Waals surface area contributed by atoms with E-state index in [0.717, 1.165) is 24.2 Å². The highest BCUT2D eigenvalue weighted by molar-refractivity contribution is 5.55. The first-order valence-electron chi connectivity index (χ1n) is 5.87. The summed E-state index contributed by atoms with van der Waals surface area (Å²) in [6.45, 7) is 7.46. The number of rotatable bonds is 4. The largest absolute Gasteiger partial charge is 0.419 e. The quantitative estimate of drug-likeness (QED) is 0.873. The van der Waals surface area contributed by atoms with Gasteiger partial charge in [0.1, 0.15) is 5.69 Å². The van der Waals surface area contributed by atoms with Gasteiger partial charge in [-0.3, -0.25) is 0 Å². The van der Waals surface area contributed by atoms with Crippen LogP contribution >= 0.6 is 0 Å². The first kappa shape index (κ1) is 11.9. The molecular formula is C12H18N4O. The maximum absolute atomic E-state index is 5.63. The Morgan fingerprint density at radius 3 is 2.71 bits per heavy atom. The normalized spacial score (nSPS) is 11.1. The van der Waals surface area contributed by atoms with Crippen molar-refractivity contribution in [1.29, 1.82) is 0 Å². The first-order valence-corrected chi connectivity index (χ1v) is 5.87. The molecule has 0 aromatic carbocycles. The Morgan fingerprint density at radius 1 is 1.35 bits per heavy atom. The van der Waals surface area contributed by atoms with Crippen LogP contribution in [0.1, 0.15) is 24.1 Å². The van der Waals surface area contributed by atoms with E-state index in [1.807, 2.05) is 13.8 Å². The molecule has 0 spiro atoms. The minimum absolute atomic E-state index is 0.584. The van der Waals surface area contributed by atoms with Crippen molar-refractivity contribution in [3.05, 3.63) is 23.2 Å². The summed E-state index contributed by atoms with van der Waals surface area (Å²) >= 11 is 0. The van der Waals surface area contributed by atoms with Gasteiger partial charge >= 0.3 is 0 Å². The highest BCUT2D eigenvalue weighted by atomic mass is 16.4. The molecule has 5 heteroatoms. The van der Waals surface area contributed by atoms with Crippen LogP contribution in [0.2, 0.25) is 0 Å². The lowest BCUT2D eigenvalue weighted by Gasteiger charge is -2.07. The van der Waals surface area contributed by atoms with Crippen molar-refractivity contribution < 1.29 is 4.42 Å². The molecule has 2 rings (SSSR count). The van der Waals surface area contributed by atoms with Crippen molar-refractivity contribution in [2.45, 2.75) is 33.7 Å². The summed E-state index contributed by atoms with van der Waals surface area (Å²) in [6, 6.07) is 2.11. The molecule has 0 aliphatic carbocycles. The van der Waals surface area contributed by atoms with Crippen LogP contribution in [0, 0.1) is 13.8 Å². The molecule has 0 aliphatic rings. The Morgan fingerprint density at radius 2 is 2.12 bits per heavy atom. The summed E-state index contributed by atoms with van der Waals surface area (Å²) in [4.78, 5) is 0. The third kappa shape index (κ3) is 2.10. The molecule has 0 atom stereocenters. The molecule has 0 unspecified atom stereocenters. The Labute approximate surface area is 101 Å². The topological polar surface area (TPSA) is 69.9 Å². The lowest BCUT2D eigenvalue weighted by molar-refractivity contribution is 0.506. The van der Waals surface area contributed by atoms with Gasteiger partial charge < -0.3 is 14.7 Å². The van der Waals surface area contributed by atoms with Crippen LogP contribution in [0.5, 0.6) is 0 Å². The van der Waals surface area contributed by atoms with Gasteiger partial charge in [0.2, 0.25) is 5.89 Å². The average molecular weight is 234 g/mol. The van der Waals surface area contributed by atoms with Crippen molar-refractivity contribution in [2.75, 3.05) is 6.54 Å². The molecule has 0 saturated heterocycles. The minimum Gasteiger partial charge on any atom is -0.419 e. The molecule has 2 heterocycles. The van der Waals surface area contributed by atoms with E-state index < -0.39 is 0 Å². The lowest BCUT2D eigenvalue weighted by atomic mass is 10.2. The van der Waals surface area contributed by atoms with Gasteiger partial charge in [-0.25, -0.2) is 0 Å². The lowest BCUT2D eigenvalue weighted by Crippen LogP contribution is -2.12. The fourth-order valence-electron chi connectivity index (χ4n) is 2.04. The summed E-state index contributed by atoms with van der Waals surface area (Å²) in [5.74, 6) is 1.25. The van der Waals surface area contributed by atoms with E-state index in [1.165, 1.54) is 5.69 Å². The highest BCUT2D eigenvalue weighted by Gasteiger charge is 2.16. The summed E-state index contributed by atoms with van der Waals surface area (Å²) in [6.07, 6.45) is 0.753. The van der Waals surface area contributed by atoms with Crippen LogP contribution in [0.25, 0.3) is 11.6 Å². The van der Waals surface area contributed by atoms with Crippen LogP contribution in [-0.4, -0.2) is 21.3 Å². The van der Waals surface area contributed by atoms with Gasteiger partial charge in [-0.2, -0.15) is 0 Å².